The summed E-state index contributed by atoms with van der Waals surface area (Å²) in [6, 6.07) is 6.07. The fourth-order valence-electron chi connectivity index (χ4n) is 3.17. The highest BCUT2D eigenvalue weighted by atomic mass is 19.4. The maximum Gasteiger partial charge on any atom is 0.417 e. The third-order valence-corrected chi connectivity index (χ3v) is 4.86. The molecule has 0 aliphatic rings. The topological polar surface area (TPSA) is 0 Å². The maximum absolute atomic E-state index is 12.6. The molecule has 186 valence electrons. The number of hydrogen-bond donors (Lipinski definition) is 0. The SMILES string of the molecule is CC(C)(C)c1ccc(C(F)(F)F)c(C(F)(F)F)c1.Cc1cc(C(F)(F)F)ccc1C(C)(C)C. The summed E-state index contributed by atoms with van der Waals surface area (Å²) in [4.78, 5) is 0. The zero-order chi connectivity index (χ0) is 26.2. The van der Waals surface area contributed by atoms with Gasteiger partial charge in [0.1, 0.15) is 0 Å². The predicted molar refractivity (Wildman–Crippen MR) is 110 cm³/mol. The van der Waals surface area contributed by atoms with Gasteiger partial charge in [-0.25, -0.2) is 0 Å². The van der Waals surface area contributed by atoms with Gasteiger partial charge in [0.05, 0.1) is 16.7 Å². The van der Waals surface area contributed by atoms with Gasteiger partial charge in [-0.1, -0.05) is 53.7 Å². The Hall–Kier alpha value is -2.19. The number of rotatable bonds is 0. The van der Waals surface area contributed by atoms with Crippen LogP contribution in [0.1, 0.15) is 74.9 Å². The molecular formula is C24H27F9. The molecule has 0 saturated carbocycles. The molecule has 0 aliphatic heterocycles. The van der Waals surface area contributed by atoms with Crippen LogP contribution in [0.25, 0.3) is 0 Å². The average Bonchev–Trinajstić information content (AvgIpc) is 2.57. The van der Waals surface area contributed by atoms with E-state index in [0.29, 0.717) is 17.7 Å². The van der Waals surface area contributed by atoms with Gasteiger partial charge in [-0.3, -0.25) is 0 Å². The van der Waals surface area contributed by atoms with E-state index in [1.165, 1.54) is 6.07 Å². The smallest absolute Gasteiger partial charge is 0.166 e. The summed E-state index contributed by atoms with van der Waals surface area (Å²) in [6.07, 6.45) is -14.3. The van der Waals surface area contributed by atoms with Crippen LogP contribution in [0.2, 0.25) is 0 Å². The van der Waals surface area contributed by atoms with E-state index in [-0.39, 0.29) is 11.0 Å². The van der Waals surface area contributed by atoms with E-state index in [1.807, 2.05) is 20.8 Å². The molecule has 0 amide bonds. The molecule has 0 aromatic heterocycles. The minimum Gasteiger partial charge on any atom is -0.166 e. The highest BCUT2D eigenvalue weighted by Crippen LogP contribution is 2.42. The van der Waals surface area contributed by atoms with Gasteiger partial charge in [0.25, 0.3) is 0 Å². The second kappa shape index (κ2) is 9.22. The summed E-state index contributed by atoms with van der Waals surface area (Å²) in [5.41, 5.74) is -2.77. The zero-order valence-electron chi connectivity index (χ0n) is 19.4. The third-order valence-electron chi connectivity index (χ3n) is 4.86. The van der Waals surface area contributed by atoms with Crippen molar-refractivity contribution < 1.29 is 39.5 Å². The summed E-state index contributed by atoms with van der Waals surface area (Å²) in [6.45, 7) is 12.6. The van der Waals surface area contributed by atoms with E-state index >= 15 is 0 Å². The highest BCUT2D eigenvalue weighted by molar-refractivity contribution is 5.39. The molecule has 2 rings (SSSR count). The zero-order valence-corrected chi connectivity index (χ0v) is 19.4. The molecule has 9 heteroatoms. The van der Waals surface area contributed by atoms with E-state index in [4.69, 9.17) is 0 Å². The summed E-state index contributed by atoms with van der Waals surface area (Å²) in [7, 11) is 0. The lowest BCUT2D eigenvalue weighted by molar-refractivity contribution is -0.162. The molecular weight excluding hydrogens is 459 g/mol. The molecule has 0 nitrogen and oxygen atoms in total. The Kier molecular flexibility index (Phi) is 8.06. The van der Waals surface area contributed by atoms with E-state index in [1.54, 1.807) is 33.8 Å². The first-order chi connectivity index (χ1) is 14.5. The lowest BCUT2D eigenvalue weighted by Gasteiger charge is -2.23. The first kappa shape index (κ1) is 28.8. The first-order valence-electron chi connectivity index (χ1n) is 9.93. The van der Waals surface area contributed by atoms with Crippen LogP contribution in [0.15, 0.2) is 36.4 Å². The lowest BCUT2D eigenvalue weighted by Crippen LogP contribution is -2.19. The number of halogens is 9. The number of aryl methyl sites for hydroxylation is 1. The predicted octanol–water partition coefficient (Wildman–Crippen LogP) is 9.33. The molecule has 0 atom stereocenters. The van der Waals surface area contributed by atoms with Crippen molar-refractivity contribution in [3.8, 4) is 0 Å². The fourth-order valence-corrected chi connectivity index (χ4v) is 3.17. The Balaban J connectivity index is 0.000000335. The van der Waals surface area contributed by atoms with Gasteiger partial charge in [0, 0.05) is 0 Å². The quantitative estimate of drug-likeness (QED) is 0.326. The van der Waals surface area contributed by atoms with Crippen LogP contribution in [-0.2, 0) is 29.4 Å². The number of benzene rings is 2. The van der Waals surface area contributed by atoms with E-state index in [2.05, 4.69) is 0 Å². The van der Waals surface area contributed by atoms with Crippen molar-refractivity contribution in [2.45, 2.75) is 77.8 Å². The minimum absolute atomic E-state index is 0.117. The molecule has 0 unspecified atom stereocenters. The van der Waals surface area contributed by atoms with Gasteiger partial charge in [-0.15, -0.1) is 0 Å². The molecule has 0 N–H and O–H groups in total. The summed E-state index contributed by atoms with van der Waals surface area (Å²) >= 11 is 0. The molecule has 0 saturated heterocycles. The van der Waals surface area contributed by atoms with Crippen LogP contribution in [0, 0.1) is 6.92 Å². The Bertz CT molecular complexity index is 948. The van der Waals surface area contributed by atoms with Crippen LogP contribution in [0.5, 0.6) is 0 Å². The molecule has 2 aromatic rings. The molecule has 0 spiro atoms. The van der Waals surface area contributed by atoms with Crippen LogP contribution in [0.4, 0.5) is 39.5 Å². The summed E-state index contributed by atoms with van der Waals surface area (Å²) < 4.78 is 113. The molecule has 0 fully saturated rings. The standard InChI is InChI=1S/C12H12F6.C12H15F3/c1-10(2,3)7-4-5-8(11(13,14)15)9(6-7)12(16,17)18;1-8-7-9(12(13,14)15)5-6-10(8)11(2,3)4/h4-6H,1-3H3;5-7H,1-4H3. The number of alkyl halides is 9. The highest BCUT2D eigenvalue weighted by Gasteiger charge is 2.43. The van der Waals surface area contributed by atoms with Gasteiger partial charge >= 0.3 is 18.5 Å². The summed E-state index contributed by atoms with van der Waals surface area (Å²) in [5, 5.41) is 0. The Morgan fingerprint density at radius 2 is 0.879 bits per heavy atom. The van der Waals surface area contributed by atoms with Crippen molar-refractivity contribution in [1.82, 2.24) is 0 Å². The monoisotopic (exact) mass is 486 g/mol. The molecule has 0 heterocycles. The Morgan fingerprint density at radius 3 is 1.21 bits per heavy atom. The van der Waals surface area contributed by atoms with Crippen LogP contribution in [0.3, 0.4) is 0 Å². The van der Waals surface area contributed by atoms with Gasteiger partial charge in [0.15, 0.2) is 0 Å². The molecule has 2 aromatic carbocycles. The van der Waals surface area contributed by atoms with Crippen LogP contribution < -0.4 is 0 Å². The van der Waals surface area contributed by atoms with Crippen molar-refractivity contribution >= 4 is 0 Å². The third kappa shape index (κ3) is 7.96. The molecule has 0 radical (unpaired) electrons. The molecule has 0 aliphatic carbocycles. The van der Waals surface area contributed by atoms with Crippen molar-refractivity contribution in [1.29, 1.82) is 0 Å². The average molecular weight is 486 g/mol. The fraction of sp³-hybridized carbons (Fsp3) is 0.500. The van der Waals surface area contributed by atoms with Crippen molar-refractivity contribution in [3.63, 3.8) is 0 Å². The summed E-state index contributed by atoms with van der Waals surface area (Å²) in [5.74, 6) is 0. The van der Waals surface area contributed by atoms with Gasteiger partial charge in [-0.05, 0) is 58.7 Å². The second-order valence-corrected chi connectivity index (χ2v) is 9.78. The molecule has 33 heavy (non-hydrogen) atoms. The number of hydrogen-bond acceptors (Lipinski definition) is 0. The van der Waals surface area contributed by atoms with E-state index in [9.17, 15) is 39.5 Å². The maximum atomic E-state index is 12.6. The first-order valence-corrected chi connectivity index (χ1v) is 9.93. The minimum atomic E-state index is -5.02. The van der Waals surface area contributed by atoms with Crippen molar-refractivity contribution in [2.75, 3.05) is 0 Å². The van der Waals surface area contributed by atoms with Crippen LogP contribution in [-0.4, -0.2) is 0 Å². The van der Waals surface area contributed by atoms with E-state index in [0.717, 1.165) is 17.7 Å². The van der Waals surface area contributed by atoms with Gasteiger partial charge < -0.3 is 0 Å². The Labute approximate surface area is 187 Å². The largest absolute Gasteiger partial charge is 0.417 e. The van der Waals surface area contributed by atoms with Gasteiger partial charge in [-0.2, -0.15) is 39.5 Å². The molecule has 0 bridgehead atoms. The van der Waals surface area contributed by atoms with Crippen LogP contribution >= 0.6 is 0 Å². The lowest BCUT2D eigenvalue weighted by atomic mass is 9.83. The Morgan fingerprint density at radius 1 is 0.455 bits per heavy atom. The van der Waals surface area contributed by atoms with Crippen molar-refractivity contribution in [3.05, 3.63) is 69.8 Å². The van der Waals surface area contributed by atoms with Gasteiger partial charge in [0.2, 0.25) is 0 Å². The normalized spacial score (nSPS) is 13.5. The van der Waals surface area contributed by atoms with Crippen molar-refractivity contribution in [2.24, 2.45) is 0 Å². The van der Waals surface area contributed by atoms with E-state index < -0.39 is 40.6 Å². The second-order valence-electron chi connectivity index (χ2n) is 9.78.